The Kier molecular flexibility index (Phi) is 5.07. The Bertz CT molecular complexity index is 980. The number of nitrogens with zero attached hydrogens (tertiary/aromatic N) is 1. The number of aromatic nitrogens is 1. The predicted octanol–water partition coefficient (Wildman–Crippen LogP) is 4.28. The number of ether oxygens (including phenoxy) is 1. The lowest BCUT2D eigenvalue weighted by molar-refractivity contribution is 0.0473. The standard InChI is InChI=1S/C21H18FNO3/c1-3-14-4-6-15(7-5-14)20(24)12-26-21(25)18-10-16-8-9-17(22)11-19(16)23-13(18)2/h4-11H,3,12H2,1-2H3. The summed E-state index contributed by atoms with van der Waals surface area (Å²) < 4.78 is 18.4. The predicted molar refractivity (Wildman–Crippen MR) is 96.9 cm³/mol. The molecule has 4 nitrogen and oxygen atoms in total. The van der Waals surface area contributed by atoms with Crippen LogP contribution in [0.25, 0.3) is 10.9 Å². The van der Waals surface area contributed by atoms with Gasteiger partial charge in [-0.3, -0.25) is 9.78 Å². The van der Waals surface area contributed by atoms with Gasteiger partial charge in [-0.25, -0.2) is 9.18 Å². The fraction of sp³-hybridized carbons (Fsp3) is 0.190. The molecule has 0 bridgehead atoms. The number of carbonyl (C=O) groups excluding carboxylic acids is 2. The molecule has 3 aromatic rings. The van der Waals surface area contributed by atoms with Gasteiger partial charge in [0.15, 0.2) is 12.4 Å². The highest BCUT2D eigenvalue weighted by molar-refractivity contribution is 6.00. The fourth-order valence-corrected chi connectivity index (χ4v) is 2.66. The zero-order valence-electron chi connectivity index (χ0n) is 14.6. The summed E-state index contributed by atoms with van der Waals surface area (Å²) in [5.74, 6) is -1.28. The van der Waals surface area contributed by atoms with E-state index in [2.05, 4.69) is 4.98 Å². The van der Waals surface area contributed by atoms with Crippen LogP contribution in [0.3, 0.4) is 0 Å². The van der Waals surface area contributed by atoms with Crippen LogP contribution in [0.4, 0.5) is 4.39 Å². The average molecular weight is 351 g/mol. The molecule has 3 rings (SSSR count). The van der Waals surface area contributed by atoms with E-state index in [-0.39, 0.29) is 23.8 Å². The number of halogens is 1. The first-order valence-electron chi connectivity index (χ1n) is 8.34. The van der Waals surface area contributed by atoms with Crippen molar-refractivity contribution in [2.24, 2.45) is 0 Å². The number of fused-ring (bicyclic) bond motifs is 1. The molecule has 0 unspecified atom stereocenters. The number of hydrogen-bond donors (Lipinski definition) is 0. The SMILES string of the molecule is CCc1ccc(C(=O)COC(=O)c2cc3ccc(F)cc3nc2C)cc1. The van der Waals surface area contributed by atoms with Crippen molar-refractivity contribution in [2.45, 2.75) is 20.3 Å². The van der Waals surface area contributed by atoms with Crippen molar-refractivity contribution in [1.82, 2.24) is 4.98 Å². The Balaban J connectivity index is 1.73. The number of ketones is 1. The molecular formula is C21H18FNO3. The summed E-state index contributed by atoms with van der Waals surface area (Å²) in [6.45, 7) is 3.34. The maximum Gasteiger partial charge on any atom is 0.340 e. The second-order valence-corrected chi connectivity index (χ2v) is 6.01. The second-order valence-electron chi connectivity index (χ2n) is 6.01. The molecule has 0 atom stereocenters. The van der Waals surface area contributed by atoms with E-state index in [0.717, 1.165) is 12.0 Å². The Hall–Kier alpha value is -3.08. The maximum atomic E-state index is 13.3. The minimum Gasteiger partial charge on any atom is -0.454 e. The van der Waals surface area contributed by atoms with E-state index < -0.39 is 5.97 Å². The van der Waals surface area contributed by atoms with E-state index in [9.17, 15) is 14.0 Å². The molecule has 132 valence electrons. The summed E-state index contributed by atoms with van der Waals surface area (Å²) in [6.07, 6.45) is 0.890. The zero-order chi connectivity index (χ0) is 18.7. The zero-order valence-corrected chi connectivity index (χ0v) is 14.6. The monoisotopic (exact) mass is 351 g/mol. The number of Topliss-reactive ketones (excluding diaryl/α,β-unsaturated/α-hetero) is 1. The third-order valence-electron chi connectivity index (χ3n) is 4.21. The summed E-state index contributed by atoms with van der Waals surface area (Å²) in [5.41, 5.74) is 2.78. The number of aryl methyl sites for hydroxylation is 2. The van der Waals surface area contributed by atoms with Crippen LogP contribution in [0.15, 0.2) is 48.5 Å². The molecule has 0 radical (unpaired) electrons. The van der Waals surface area contributed by atoms with Gasteiger partial charge in [0.05, 0.1) is 16.8 Å². The van der Waals surface area contributed by atoms with Gasteiger partial charge in [-0.15, -0.1) is 0 Å². The van der Waals surface area contributed by atoms with Gasteiger partial charge in [-0.05, 0) is 37.1 Å². The molecule has 0 aliphatic heterocycles. The summed E-state index contributed by atoms with van der Waals surface area (Å²) in [7, 11) is 0. The van der Waals surface area contributed by atoms with Crippen LogP contribution >= 0.6 is 0 Å². The van der Waals surface area contributed by atoms with Gasteiger partial charge in [-0.1, -0.05) is 31.2 Å². The quantitative estimate of drug-likeness (QED) is 0.508. The number of rotatable bonds is 5. The number of hydrogen-bond acceptors (Lipinski definition) is 4. The molecule has 0 fully saturated rings. The highest BCUT2D eigenvalue weighted by atomic mass is 19.1. The van der Waals surface area contributed by atoms with Crippen LogP contribution in [-0.4, -0.2) is 23.3 Å². The summed E-state index contributed by atoms with van der Waals surface area (Å²) >= 11 is 0. The number of benzene rings is 2. The first-order valence-corrected chi connectivity index (χ1v) is 8.34. The molecule has 1 aromatic heterocycles. The highest BCUT2D eigenvalue weighted by Crippen LogP contribution is 2.18. The van der Waals surface area contributed by atoms with Crippen molar-refractivity contribution in [1.29, 1.82) is 0 Å². The summed E-state index contributed by atoms with van der Waals surface area (Å²) in [4.78, 5) is 28.7. The van der Waals surface area contributed by atoms with Crippen LogP contribution in [-0.2, 0) is 11.2 Å². The van der Waals surface area contributed by atoms with E-state index in [0.29, 0.717) is 22.2 Å². The minimum atomic E-state index is -0.625. The largest absolute Gasteiger partial charge is 0.454 e. The van der Waals surface area contributed by atoms with E-state index in [1.807, 2.05) is 19.1 Å². The maximum absolute atomic E-state index is 13.3. The van der Waals surface area contributed by atoms with Gasteiger partial charge in [0.1, 0.15) is 5.82 Å². The smallest absolute Gasteiger partial charge is 0.340 e. The van der Waals surface area contributed by atoms with Crippen molar-refractivity contribution in [3.63, 3.8) is 0 Å². The average Bonchev–Trinajstić information content (AvgIpc) is 2.65. The third-order valence-corrected chi connectivity index (χ3v) is 4.21. The topological polar surface area (TPSA) is 56.3 Å². The van der Waals surface area contributed by atoms with Crippen molar-refractivity contribution < 1.29 is 18.7 Å². The molecular weight excluding hydrogens is 333 g/mol. The van der Waals surface area contributed by atoms with Crippen LogP contribution in [0, 0.1) is 12.7 Å². The van der Waals surface area contributed by atoms with Crippen molar-refractivity contribution in [3.05, 3.63) is 76.7 Å². The van der Waals surface area contributed by atoms with Crippen molar-refractivity contribution >= 4 is 22.7 Å². The van der Waals surface area contributed by atoms with Gasteiger partial charge in [0, 0.05) is 17.0 Å². The summed E-state index contributed by atoms with van der Waals surface area (Å²) in [5, 5.41) is 0.630. The third kappa shape index (κ3) is 3.77. The number of carbonyl (C=O) groups is 2. The molecule has 26 heavy (non-hydrogen) atoms. The molecule has 1 heterocycles. The van der Waals surface area contributed by atoms with Gasteiger partial charge in [-0.2, -0.15) is 0 Å². The Labute approximate surface area is 150 Å². The fourth-order valence-electron chi connectivity index (χ4n) is 2.66. The van der Waals surface area contributed by atoms with Crippen molar-refractivity contribution in [2.75, 3.05) is 6.61 Å². The molecule has 5 heteroatoms. The van der Waals surface area contributed by atoms with E-state index in [1.54, 1.807) is 31.2 Å². The van der Waals surface area contributed by atoms with E-state index in [4.69, 9.17) is 4.74 Å². The first kappa shape index (κ1) is 17.7. The Morgan fingerprint density at radius 2 is 1.81 bits per heavy atom. The van der Waals surface area contributed by atoms with E-state index >= 15 is 0 Å². The molecule has 2 aromatic carbocycles. The van der Waals surface area contributed by atoms with Gasteiger partial charge < -0.3 is 4.74 Å². The van der Waals surface area contributed by atoms with Gasteiger partial charge >= 0.3 is 5.97 Å². The lowest BCUT2D eigenvalue weighted by Gasteiger charge is -2.08. The molecule has 0 saturated carbocycles. The molecule has 0 aliphatic rings. The lowest BCUT2D eigenvalue weighted by Crippen LogP contribution is -2.15. The van der Waals surface area contributed by atoms with Crippen LogP contribution in [0.5, 0.6) is 0 Å². The molecule has 0 amide bonds. The molecule has 0 aliphatic carbocycles. The first-order chi connectivity index (χ1) is 12.5. The van der Waals surface area contributed by atoms with Crippen LogP contribution in [0.2, 0.25) is 0 Å². The van der Waals surface area contributed by atoms with Crippen LogP contribution < -0.4 is 0 Å². The highest BCUT2D eigenvalue weighted by Gasteiger charge is 2.16. The minimum absolute atomic E-state index is 0.262. The number of pyridine rings is 1. The lowest BCUT2D eigenvalue weighted by atomic mass is 10.1. The Morgan fingerprint density at radius 3 is 2.50 bits per heavy atom. The van der Waals surface area contributed by atoms with Crippen molar-refractivity contribution in [3.8, 4) is 0 Å². The Morgan fingerprint density at radius 1 is 1.08 bits per heavy atom. The molecule has 0 saturated heterocycles. The summed E-state index contributed by atoms with van der Waals surface area (Å²) in [6, 6.07) is 13.0. The second kappa shape index (κ2) is 7.44. The van der Waals surface area contributed by atoms with Crippen LogP contribution in [0.1, 0.15) is 38.9 Å². The molecule has 0 N–H and O–H groups in total. The van der Waals surface area contributed by atoms with Gasteiger partial charge in [0.2, 0.25) is 0 Å². The molecule has 0 spiro atoms. The normalized spacial score (nSPS) is 10.7. The van der Waals surface area contributed by atoms with Gasteiger partial charge in [0.25, 0.3) is 0 Å². The number of esters is 1. The van der Waals surface area contributed by atoms with E-state index in [1.165, 1.54) is 12.1 Å².